The van der Waals surface area contributed by atoms with E-state index in [4.69, 9.17) is 15.3 Å². The Morgan fingerprint density at radius 2 is 2.00 bits per heavy atom. The highest BCUT2D eigenvalue weighted by Gasteiger charge is 2.50. The second-order valence-corrected chi connectivity index (χ2v) is 4.79. The molecule has 110 valence electrons. The summed E-state index contributed by atoms with van der Waals surface area (Å²) >= 11 is 0. The fraction of sp³-hybridized carbons (Fsp3) is 0.700. The van der Waals surface area contributed by atoms with Crippen molar-refractivity contribution in [2.75, 3.05) is 6.61 Å². The van der Waals surface area contributed by atoms with Gasteiger partial charge in [-0.3, -0.25) is 15.6 Å². The maximum Gasteiger partial charge on any atom is 0.162 e. The summed E-state index contributed by atoms with van der Waals surface area (Å²) in [6.45, 7) is -0.419. The van der Waals surface area contributed by atoms with Gasteiger partial charge < -0.3 is 25.0 Å². The van der Waals surface area contributed by atoms with Crippen LogP contribution in [0.5, 0.6) is 0 Å². The summed E-state index contributed by atoms with van der Waals surface area (Å²) < 4.78 is 5.39. The average molecular weight is 285 g/mol. The molecule has 0 unspecified atom stereocenters. The average Bonchev–Trinajstić information content (AvgIpc) is 2.98. The summed E-state index contributed by atoms with van der Waals surface area (Å²) in [6.07, 6.45) is -2.43. The molecule has 0 aromatic heterocycles. The lowest BCUT2D eigenvalue weighted by Crippen LogP contribution is -2.53. The van der Waals surface area contributed by atoms with Crippen LogP contribution in [0, 0.1) is 5.41 Å². The van der Waals surface area contributed by atoms with E-state index in [0.717, 1.165) is 6.34 Å². The summed E-state index contributed by atoms with van der Waals surface area (Å²) in [6, 6.07) is -0.703. The highest BCUT2D eigenvalue weighted by molar-refractivity contribution is 5.96. The molecule has 1 fully saturated rings. The zero-order valence-corrected chi connectivity index (χ0v) is 10.3. The molecule has 3 aliphatic rings. The van der Waals surface area contributed by atoms with Crippen LogP contribution in [0.15, 0.2) is 9.98 Å². The van der Waals surface area contributed by atoms with Crippen molar-refractivity contribution in [3.8, 4) is 0 Å². The lowest BCUT2D eigenvalue weighted by Gasteiger charge is -2.34. The van der Waals surface area contributed by atoms with Gasteiger partial charge in [-0.2, -0.15) is 5.06 Å². The maximum atomic E-state index is 9.97. The van der Waals surface area contributed by atoms with E-state index in [1.165, 1.54) is 11.2 Å². The number of hydrogen-bond acceptors (Lipinski definition) is 9. The van der Waals surface area contributed by atoms with Crippen molar-refractivity contribution in [3.05, 3.63) is 0 Å². The van der Waals surface area contributed by atoms with Crippen molar-refractivity contribution < 1.29 is 25.3 Å². The molecule has 10 heteroatoms. The lowest BCUT2D eigenvalue weighted by atomic mass is 10.1. The molecule has 5 N–H and O–H groups in total. The molecule has 0 saturated carbocycles. The first-order valence-corrected chi connectivity index (χ1v) is 6.07. The first-order valence-electron chi connectivity index (χ1n) is 6.07. The van der Waals surface area contributed by atoms with E-state index in [1.54, 1.807) is 0 Å². The predicted molar refractivity (Wildman–Crippen MR) is 65.5 cm³/mol. The Balaban J connectivity index is 1.81. The number of nitrogens with zero attached hydrogens (tertiary/aromatic N) is 4. The van der Waals surface area contributed by atoms with Gasteiger partial charge in [-0.1, -0.05) is 0 Å². The van der Waals surface area contributed by atoms with Crippen molar-refractivity contribution in [2.45, 2.75) is 36.7 Å². The minimum atomic E-state index is -1.23. The van der Waals surface area contributed by atoms with Crippen LogP contribution in [0.2, 0.25) is 0 Å². The molecular weight excluding hydrogens is 270 g/mol. The molecule has 3 aliphatic heterocycles. The van der Waals surface area contributed by atoms with Gasteiger partial charge in [-0.05, 0) is 0 Å². The van der Waals surface area contributed by atoms with Gasteiger partial charge in [0.15, 0.2) is 24.3 Å². The van der Waals surface area contributed by atoms with Crippen LogP contribution in [0.4, 0.5) is 0 Å². The van der Waals surface area contributed by atoms with Crippen molar-refractivity contribution >= 4 is 18.5 Å². The van der Waals surface area contributed by atoms with Crippen LogP contribution in [-0.4, -0.2) is 92.4 Å². The first-order chi connectivity index (χ1) is 9.54. The second-order valence-electron chi connectivity index (χ2n) is 4.79. The number of amidine groups is 1. The number of nitrogens with one attached hydrogen (secondary N) is 1. The van der Waals surface area contributed by atoms with E-state index in [0.29, 0.717) is 5.06 Å². The van der Waals surface area contributed by atoms with E-state index >= 15 is 0 Å². The largest absolute Gasteiger partial charge is 0.394 e. The van der Waals surface area contributed by atoms with E-state index in [-0.39, 0.29) is 5.84 Å². The van der Waals surface area contributed by atoms with Gasteiger partial charge in [0.05, 0.1) is 12.9 Å². The molecule has 0 radical (unpaired) electrons. The number of ether oxygens (including phenoxy) is 1. The Hall–Kier alpha value is -1.59. The van der Waals surface area contributed by atoms with E-state index < -0.39 is 43.4 Å². The Bertz CT molecular complexity index is 471. The van der Waals surface area contributed by atoms with E-state index in [2.05, 4.69) is 9.98 Å². The zero-order valence-electron chi connectivity index (χ0n) is 10.3. The molecule has 20 heavy (non-hydrogen) atoms. The molecule has 1 saturated heterocycles. The van der Waals surface area contributed by atoms with Gasteiger partial charge >= 0.3 is 0 Å². The number of rotatable bonds is 2. The van der Waals surface area contributed by atoms with E-state index in [1.807, 2.05) is 0 Å². The standard InChI is InChI=1S/C10H15N5O5/c11-8-5-9(13-3-15(8)19)14(2-12-5)10-7(18)6(17)4(1-16)20-10/h2-7,9-11,16-19H,1H2/t4-,5+,6-,7-,9-,10-/m1/s1. The Morgan fingerprint density at radius 1 is 1.25 bits per heavy atom. The quantitative estimate of drug-likeness (QED) is 0.368. The number of aliphatic hydroxyl groups is 3. The van der Waals surface area contributed by atoms with Gasteiger partial charge in [0.2, 0.25) is 0 Å². The maximum absolute atomic E-state index is 9.97. The number of aliphatic hydroxyl groups excluding tert-OH is 3. The monoisotopic (exact) mass is 285 g/mol. The summed E-state index contributed by atoms with van der Waals surface area (Å²) in [4.78, 5) is 9.55. The molecule has 0 bridgehead atoms. The first kappa shape index (κ1) is 13.4. The van der Waals surface area contributed by atoms with E-state index in [9.17, 15) is 15.4 Å². The summed E-state index contributed by atoms with van der Waals surface area (Å²) in [7, 11) is 0. The zero-order chi connectivity index (χ0) is 14.4. The fourth-order valence-electron chi connectivity index (χ4n) is 2.50. The highest BCUT2D eigenvalue weighted by atomic mass is 16.6. The minimum absolute atomic E-state index is 0.143. The smallest absolute Gasteiger partial charge is 0.162 e. The number of fused-ring (bicyclic) bond motifs is 1. The highest BCUT2D eigenvalue weighted by Crippen LogP contribution is 2.29. The molecule has 10 nitrogen and oxygen atoms in total. The Labute approximate surface area is 113 Å². The minimum Gasteiger partial charge on any atom is -0.394 e. The van der Waals surface area contributed by atoms with Crippen LogP contribution in [0.25, 0.3) is 0 Å². The van der Waals surface area contributed by atoms with Crippen molar-refractivity contribution in [2.24, 2.45) is 9.98 Å². The fourth-order valence-corrected chi connectivity index (χ4v) is 2.50. The number of hydroxylamine groups is 2. The second kappa shape index (κ2) is 4.75. The third-order valence-electron chi connectivity index (χ3n) is 3.62. The third-order valence-corrected chi connectivity index (χ3v) is 3.62. The molecule has 6 atom stereocenters. The van der Waals surface area contributed by atoms with Crippen LogP contribution < -0.4 is 0 Å². The van der Waals surface area contributed by atoms with Gasteiger partial charge in [0.1, 0.15) is 24.7 Å². The lowest BCUT2D eigenvalue weighted by molar-refractivity contribution is -0.0792. The van der Waals surface area contributed by atoms with Crippen LogP contribution in [-0.2, 0) is 4.74 Å². The molecule has 0 aromatic carbocycles. The molecule has 0 amide bonds. The predicted octanol–water partition coefficient (Wildman–Crippen LogP) is -2.83. The molecule has 0 aliphatic carbocycles. The topological polar surface area (TPSA) is 145 Å². The van der Waals surface area contributed by atoms with Crippen LogP contribution in [0.3, 0.4) is 0 Å². The summed E-state index contributed by atoms with van der Waals surface area (Å²) in [5, 5.41) is 46.4. The summed E-state index contributed by atoms with van der Waals surface area (Å²) in [5.41, 5.74) is 0. The van der Waals surface area contributed by atoms with Gasteiger partial charge in [-0.15, -0.1) is 0 Å². The normalized spacial score (nSPS) is 43.5. The SMILES string of the molecule is N=C1[C@@H]2N=CN([C@@H]3O[C@H](CO)[C@@H](O)[C@H]3O)[C@H]2N=CN1O. The van der Waals surface area contributed by atoms with Crippen molar-refractivity contribution in [1.82, 2.24) is 9.96 Å². The summed E-state index contributed by atoms with van der Waals surface area (Å²) in [5.74, 6) is -0.143. The molecule has 3 rings (SSSR count). The van der Waals surface area contributed by atoms with Gasteiger partial charge in [0, 0.05) is 0 Å². The van der Waals surface area contributed by atoms with Crippen LogP contribution in [0.1, 0.15) is 0 Å². The third kappa shape index (κ3) is 1.81. The number of hydrogen-bond donors (Lipinski definition) is 5. The molecule has 3 heterocycles. The van der Waals surface area contributed by atoms with Crippen LogP contribution >= 0.6 is 0 Å². The van der Waals surface area contributed by atoms with Gasteiger partial charge in [-0.25, -0.2) is 4.99 Å². The molecule has 0 spiro atoms. The Morgan fingerprint density at radius 3 is 2.65 bits per heavy atom. The van der Waals surface area contributed by atoms with Crippen molar-refractivity contribution in [1.29, 1.82) is 5.41 Å². The van der Waals surface area contributed by atoms with Gasteiger partial charge in [0.25, 0.3) is 0 Å². The van der Waals surface area contributed by atoms with Crippen molar-refractivity contribution in [3.63, 3.8) is 0 Å². The molecule has 0 aromatic rings. The molecular formula is C10H15N5O5. The Kier molecular flexibility index (Phi) is 3.18. The number of aliphatic imine (C=N–C) groups is 2.